The highest BCUT2D eigenvalue weighted by atomic mass is 127. The molecule has 9 heteroatoms. The van der Waals surface area contributed by atoms with Gasteiger partial charge in [0.1, 0.15) is 9.84 Å². The Morgan fingerprint density at radius 2 is 2.05 bits per heavy atom. The molecular weight excluding hydrogens is 421 g/mol. The summed E-state index contributed by atoms with van der Waals surface area (Å²) in [6, 6.07) is 0. The van der Waals surface area contributed by atoms with Gasteiger partial charge in [0.2, 0.25) is 0 Å². The second-order valence-electron chi connectivity index (χ2n) is 5.47. The van der Waals surface area contributed by atoms with Gasteiger partial charge in [0.25, 0.3) is 0 Å². The molecule has 1 N–H and O–H groups in total. The lowest BCUT2D eigenvalue weighted by Gasteiger charge is -2.21. The van der Waals surface area contributed by atoms with Crippen LogP contribution in [-0.2, 0) is 19.4 Å². The fourth-order valence-corrected chi connectivity index (χ4v) is 3.13. The summed E-state index contributed by atoms with van der Waals surface area (Å²) in [5.41, 5.74) is 0. The van der Waals surface area contributed by atoms with E-state index in [0.717, 1.165) is 6.54 Å². The molecule has 1 heterocycles. The van der Waals surface area contributed by atoms with Crippen molar-refractivity contribution in [2.75, 3.05) is 45.8 Å². The number of carbonyl (C=O) groups excluding carboxylic acids is 1. The maximum Gasteiger partial charge on any atom is 0.310 e. The third kappa shape index (κ3) is 6.67. The molecule has 1 rings (SSSR count). The molecule has 1 fully saturated rings. The van der Waals surface area contributed by atoms with E-state index in [-0.39, 0.29) is 47.5 Å². The van der Waals surface area contributed by atoms with Crippen LogP contribution >= 0.6 is 24.0 Å². The largest absolute Gasteiger partial charge is 0.469 e. The number of halogens is 1. The van der Waals surface area contributed by atoms with E-state index in [1.165, 1.54) is 13.4 Å². The number of ether oxygens (including phenoxy) is 1. The summed E-state index contributed by atoms with van der Waals surface area (Å²) in [5.74, 6) is 0.703. The van der Waals surface area contributed by atoms with Gasteiger partial charge in [0.15, 0.2) is 5.96 Å². The second-order valence-corrected chi connectivity index (χ2v) is 7.73. The maximum absolute atomic E-state index is 11.7. The van der Waals surface area contributed by atoms with Gasteiger partial charge in [-0.3, -0.25) is 9.79 Å². The number of nitrogens with zero attached hydrogens (tertiary/aromatic N) is 2. The van der Waals surface area contributed by atoms with Gasteiger partial charge in [-0.2, -0.15) is 0 Å². The molecule has 0 saturated carbocycles. The fraction of sp³-hybridized carbons (Fsp3) is 0.846. The number of hydrogen-bond acceptors (Lipinski definition) is 5. The van der Waals surface area contributed by atoms with E-state index < -0.39 is 9.84 Å². The Bertz CT molecular complexity index is 496. The van der Waals surface area contributed by atoms with Gasteiger partial charge in [-0.1, -0.05) is 6.92 Å². The average Bonchev–Trinajstić information content (AvgIpc) is 2.78. The van der Waals surface area contributed by atoms with Crippen molar-refractivity contribution in [3.63, 3.8) is 0 Å². The monoisotopic (exact) mass is 447 g/mol. The molecule has 0 amide bonds. The average molecular weight is 447 g/mol. The van der Waals surface area contributed by atoms with E-state index in [0.29, 0.717) is 25.5 Å². The maximum atomic E-state index is 11.7. The number of likely N-dealkylation sites (tertiary alicyclic amines) is 1. The molecule has 0 aromatic heterocycles. The second kappa shape index (κ2) is 9.53. The Hall–Kier alpha value is -0.580. The molecule has 0 spiro atoms. The predicted octanol–water partition coefficient (Wildman–Crippen LogP) is 0.355. The van der Waals surface area contributed by atoms with E-state index in [1.807, 2.05) is 11.8 Å². The van der Waals surface area contributed by atoms with Gasteiger partial charge in [-0.05, 0) is 12.3 Å². The normalized spacial score (nSPS) is 22.2. The minimum absolute atomic E-state index is 0. The lowest BCUT2D eigenvalue weighted by atomic mass is 9.99. The molecule has 7 nitrogen and oxygen atoms in total. The number of nitrogens with one attached hydrogen (secondary N) is 1. The van der Waals surface area contributed by atoms with Crippen molar-refractivity contribution in [3.8, 4) is 0 Å². The van der Waals surface area contributed by atoms with Crippen LogP contribution in [0.15, 0.2) is 4.99 Å². The standard InChI is InChI=1S/C13H25N3O4S.HI/c1-10-8-16(9-11(10)12(17)20-3)13(14-2)15-6-5-7-21(4,18)19;/h10-11H,5-9H2,1-4H3,(H,14,15);1H. The molecule has 0 radical (unpaired) electrons. The Morgan fingerprint density at radius 1 is 1.41 bits per heavy atom. The number of rotatable bonds is 5. The van der Waals surface area contributed by atoms with Crippen molar-refractivity contribution in [2.45, 2.75) is 13.3 Å². The third-order valence-corrected chi connectivity index (χ3v) is 4.63. The molecule has 2 unspecified atom stereocenters. The molecular formula is C13H26IN3O4S. The number of esters is 1. The Morgan fingerprint density at radius 3 is 2.55 bits per heavy atom. The van der Waals surface area contributed by atoms with Crippen molar-refractivity contribution in [3.05, 3.63) is 0 Å². The zero-order valence-corrected chi connectivity index (χ0v) is 16.7. The number of hydrogen-bond donors (Lipinski definition) is 1. The van der Waals surface area contributed by atoms with E-state index in [1.54, 1.807) is 7.05 Å². The first-order chi connectivity index (χ1) is 9.78. The molecule has 1 aliphatic heterocycles. The number of methoxy groups -OCH3 is 1. The topological polar surface area (TPSA) is 88.1 Å². The van der Waals surface area contributed by atoms with Gasteiger partial charge < -0.3 is 15.0 Å². The summed E-state index contributed by atoms with van der Waals surface area (Å²) in [4.78, 5) is 17.9. The van der Waals surface area contributed by atoms with Crippen LogP contribution < -0.4 is 5.32 Å². The highest BCUT2D eigenvalue weighted by molar-refractivity contribution is 14.0. The van der Waals surface area contributed by atoms with Gasteiger partial charge in [-0.15, -0.1) is 24.0 Å². The first-order valence-electron chi connectivity index (χ1n) is 6.99. The zero-order valence-electron chi connectivity index (χ0n) is 13.5. The number of sulfone groups is 1. The van der Waals surface area contributed by atoms with Crippen molar-refractivity contribution in [1.82, 2.24) is 10.2 Å². The van der Waals surface area contributed by atoms with E-state index in [2.05, 4.69) is 10.3 Å². The van der Waals surface area contributed by atoms with Gasteiger partial charge in [0, 0.05) is 32.9 Å². The summed E-state index contributed by atoms with van der Waals surface area (Å²) in [6.45, 7) is 3.84. The quantitative estimate of drug-likeness (QED) is 0.215. The van der Waals surface area contributed by atoms with Gasteiger partial charge in [0.05, 0.1) is 18.8 Å². The summed E-state index contributed by atoms with van der Waals surface area (Å²) < 4.78 is 27.0. The Labute approximate surface area is 149 Å². The van der Waals surface area contributed by atoms with Crippen LogP contribution in [-0.4, -0.2) is 71.0 Å². The van der Waals surface area contributed by atoms with Crippen molar-refractivity contribution < 1.29 is 17.9 Å². The zero-order chi connectivity index (χ0) is 16.0. The summed E-state index contributed by atoms with van der Waals surface area (Å²) in [6.07, 6.45) is 1.76. The number of guanidine groups is 1. The van der Waals surface area contributed by atoms with Crippen LogP contribution in [0.3, 0.4) is 0 Å². The molecule has 0 aromatic rings. The predicted molar refractivity (Wildman–Crippen MR) is 97.3 cm³/mol. The van der Waals surface area contributed by atoms with Gasteiger partial charge >= 0.3 is 5.97 Å². The van der Waals surface area contributed by atoms with E-state index in [9.17, 15) is 13.2 Å². The number of carbonyl (C=O) groups is 1. The molecule has 1 saturated heterocycles. The highest BCUT2D eigenvalue weighted by Crippen LogP contribution is 2.23. The van der Waals surface area contributed by atoms with E-state index in [4.69, 9.17) is 4.74 Å². The SMILES string of the molecule is CN=C(NCCCS(C)(=O)=O)N1CC(C)C(C(=O)OC)C1.I. The Balaban J connectivity index is 0.00000441. The van der Waals surface area contributed by atoms with Gasteiger partial charge in [-0.25, -0.2) is 8.42 Å². The molecule has 130 valence electrons. The van der Waals surface area contributed by atoms with E-state index >= 15 is 0 Å². The Kier molecular flexibility index (Phi) is 9.28. The van der Waals surface area contributed by atoms with Crippen LogP contribution in [0.25, 0.3) is 0 Å². The smallest absolute Gasteiger partial charge is 0.310 e. The van der Waals surface area contributed by atoms with Crippen molar-refractivity contribution >= 4 is 45.7 Å². The molecule has 1 aliphatic rings. The first-order valence-corrected chi connectivity index (χ1v) is 9.05. The molecule has 0 bridgehead atoms. The van der Waals surface area contributed by atoms with Crippen LogP contribution in [0, 0.1) is 11.8 Å². The lowest BCUT2D eigenvalue weighted by Crippen LogP contribution is -2.41. The molecule has 0 aliphatic carbocycles. The number of aliphatic imine (C=N–C) groups is 1. The molecule has 0 aromatic carbocycles. The summed E-state index contributed by atoms with van der Waals surface area (Å²) >= 11 is 0. The third-order valence-electron chi connectivity index (χ3n) is 3.60. The fourth-order valence-electron chi connectivity index (χ4n) is 2.46. The summed E-state index contributed by atoms with van der Waals surface area (Å²) in [5, 5.41) is 3.14. The molecule has 2 atom stereocenters. The molecule has 22 heavy (non-hydrogen) atoms. The van der Waals surface area contributed by atoms with Crippen LogP contribution in [0.1, 0.15) is 13.3 Å². The summed E-state index contributed by atoms with van der Waals surface area (Å²) in [7, 11) is 0.140. The van der Waals surface area contributed by atoms with Crippen LogP contribution in [0.2, 0.25) is 0 Å². The van der Waals surface area contributed by atoms with Crippen LogP contribution in [0.4, 0.5) is 0 Å². The lowest BCUT2D eigenvalue weighted by molar-refractivity contribution is -0.145. The minimum atomic E-state index is -2.93. The minimum Gasteiger partial charge on any atom is -0.469 e. The highest BCUT2D eigenvalue weighted by Gasteiger charge is 2.36. The van der Waals surface area contributed by atoms with Crippen molar-refractivity contribution in [1.29, 1.82) is 0 Å². The van der Waals surface area contributed by atoms with Crippen LogP contribution in [0.5, 0.6) is 0 Å². The van der Waals surface area contributed by atoms with Crippen molar-refractivity contribution in [2.24, 2.45) is 16.8 Å². The first kappa shape index (κ1) is 21.4.